The molecule has 0 saturated heterocycles. The zero-order valence-corrected chi connectivity index (χ0v) is 14.4. The van der Waals surface area contributed by atoms with Crippen molar-refractivity contribution in [3.8, 4) is 5.88 Å². The van der Waals surface area contributed by atoms with Gasteiger partial charge in [0, 0.05) is 9.86 Å². The average Bonchev–Trinajstić information content (AvgIpc) is 2.84. The molecule has 1 N–H and O–H groups in total. The van der Waals surface area contributed by atoms with E-state index in [1.807, 2.05) is 36.4 Å². The van der Waals surface area contributed by atoms with Gasteiger partial charge in [-0.2, -0.15) is 0 Å². The second-order valence-corrected chi connectivity index (χ2v) is 6.24. The van der Waals surface area contributed by atoms with Gasteiger partial charge in [0.05, 0.1) is 12.1 Å². The second kappa shape index (κ2) is 6.88. The average molecular weight is 387 g/mol. The van der Waals surface area contributed by atoms with E-state index in [9.17, 15) is 10.0 Å². The van der Waals surface area contributed by atoms with E-state index in [1.54, 1.807) is 16.7 Å². The first kappa shape index (κ1) is 16.3. The van der Waals surface area contributed by atoms with Gasteiger partial charge >= 0.3 is 0 Å². The summed E-state index contributed by atoms with van der Waals surface area (Å²) in [7, 11) is 0. The molecular formula is C18H15BrN2O3. The Morgan fingerprint density at radius 3 is 2.71 bits per heavy atom. The Labute approximate surface area is 147 Å². The molecule has 6 heteroatoms. The molecule has 1 heterocycles. The van der Waals surface area contributed by atoms with E-state index in [2.05, 4.69) is 27.7 Å². The van der Waals surface area contributed by atoms with Gasteiger partial charge in [-0.05, 0) is 28.9 Å². The van der Waals surface area contributed by atoms with Crippen molar-refractivity contribution in [3.05, 3.63) is 75.8 Å². The number of fused-ring (bicyclic) bond motifs is 1. The first-order valence-corrected chi connectivity index (χ1v) is 8.08. The minimum atomic E-state index is -0.192. The lowest BCUT2D eigenvalue weighted by Gasteiger charge is -2.12. The smallest absolute Gasteiger partial charge is 0.222 e. The van der Waals surface area contributed by atoms with Crippen molar-refractivity contribution < 1.29 is 9.84 Å². The highest BCUT2D eigenvalue weighted by Gasteiger charge is 2.18. The normalized spacial score (nSPS) is 10.7. The largest absolute Gasteiger partial charge is 0.493 e. The van der Waals surface area contributed by atoms with Gasteiger partial charge in [-0.15, -0.1) is 4.91 Å². The summed E-state index contributed by atoms with van der Waals surface area (Å²) in [5.74, 6) is 0.286. The molecule has 0 unspecified atom stereocenters. The Morgan fingerprint density at radius 2 is 2.00 bits per heavy atom. The molecule has 0 amide bonds. The maximum absolute atomic E-state index is 11.1. The Balaban J connectivity index is 1.83. The van der Waals surface area contributed by atoms with E-state index in [0.29, 0.717) is 23.3 Å². The number of hydrogen-bond donors (Lipinski definition) is 1. The van der Waals surface area contributed by atoms with E-state index in [0.717, 1.165) is 10.0 Å². The summed E-state index contributed by atoms with van der Waals surface area (Å²) in [6.07, 6.45) is 0. The summed E-state index contributed by atoms with van der Waals surface area (Å²) in [6.45, 7) is 4.51. The van der Waals surface area contributed by atoms with Gasteiger partial charge in [0.2, 0.25) is 5.88 Å². The topological polar surface area (TPSA) is 63.8 Å². The van der Waals surface area contributed by atoms with Crippen LogP contribution in [0.3, 0.4) is 0 Å². The number of aromatic hydroxyl groups is 1. The number of halogens is 1. The molecule has 5 nitrogen and oxygen atoms in total. The van der Waals surface area contributed by atoms with Crippen LogP contribution >= 0.6 is 15.9 Å². The van der Waals surface area contributed by atoms with Crippen LogP contribution in [0, 0.1) is 4.91 Å². The van der Waals surface area contributed by atoms with Crippen LogP contribution in [0.1, 0.15) is 5.56 Å². The molecule has 0 radical (unpaired) electrons. The van der Waals surface area contributed by atoms with Crippen molar-refractivity contribution in [2.24, 2.45) is 5.18 Å². The fraction of sp³-hybridized carbons (Fsp3) is 0.111. The molecule has 0 saturated carbocycles. The molecular weight excluding hydrogens is 372 g/mol. The molecule has 2 aromatic carbocycles. The quantitative estimate of drug-likeness (QED) is 0.465. The maximum Gasteiger partial charge on any atom is 0.222 e. The van der Waals surface area contributed by atoms with Gasteiger partial charge in [0.25, 0.3) is 0 Å². The van der Waals surface area contributed by atoms with E-state index in [-0.39, 0.29) is 18.1 Å². The SMILES string of the molecule is C=C(Cn1c(O)c(N=O)c2cc(Br)ccc21)OCc1ccccc1. The van der Waals surface area contributed by atoms with E-state index in [1.165, 1.54) is 0 Å². The molecule has 0 aliphatic rings. The summed E-state index contributed by atoms with van der Waals surface area (Å²) < 4.78 is 8.02. The highest BCUT2D eigenvalue weighted by Crippen LogP contribution is 2.40. The standard InChI is InChI=1S/C18H15BrN2O3/c1-12(24-11-13-5-3-2-4-6-13)10-21-16-8-7-14(19)9-15(16)17(20-23)18(21)22/h2-9,22H,1,10-11H2. The molecule has 24 heavy (non-hydrogen) atoms. The number of nitroso groups, excluding NO2 is 1. The Bertz CT molecular complexity index is 904. The molecule has 1 aromatic heterocycles. The summed E-state index contributed by atoms with van der Waals surface area (Å²) in [5.41, 5.74) is 1.73. The van der Waals surface area contributed by atoms with Crippen LogP contribution in [0.4, 0.5) is 5.69 Å². The third kappa shape index (κ3) is 3.19. The second-order valence-electron chi connectivity index (χ2n) is 5.32. The molecule has 0 spiro atoms. The molecule has 0 atom stereocenters. The molecule has 0 aliphatic heterocycles. The highest BCUT2D eigenvalue weighted by molar-refractivity contribution is 9.10. The van der Waals surface area contributed by atoms with Gasteiger partial charge in [-0.3, -0.25) is 0 Å². The molecule has 3 aromatic rings. The number of allylic oxidation sites excluding steroid dienone is 1. The number of nitrogens with zero attached hydrogens (tertiary/aromatic N) is 2. The van der Waals surface area contributed by atoms with E-state index in [4.69, 9.17) is 4.74 Å². The van der Waals surface area contributed by atoms with Crippen molar-refractivity contribution in [1.29, 1.82) is 0 Å². The summed E-state index contributed by atoms with van der Waals surface area (Å²) in [6, 6.07) is 15.1. The first-order valence-electron chi connectivity index (χ1n) is 7.28. The minimum Gasteiger partial charge on any atom is -0.493 e. The number of aromatic nitrogens is 1. The number of hydrogen-bond acceptors (Lipinski definition) is 4. The molecule has 122 valence electrons. The Morgan fingerprint density at radius 1 is 1.25 bits per heavy atom. The van der Waals surface area contributed by atoms with Crippen LogP contribution in [0.5, 0.6) is 5.88 Å². The van der Waals surface area contributed by atoms with E-state index >= 15 is 0 Å². The Hall–Kier alpha value is -2.60. The zero-order chi connectivity index (χ0) is 17.1. The van der Waals surface area contributed by atoms with Crippen molar-refractivity contribution in [2.75, 3.05) is 0 Å². The maximum atomic E-state index is 11.1. The fourth-order valence-corrected chi connectivity index (χ4v) is 2.89. The van der Waals surface area contributed by atoms with Gasteiger partial charge in [-0.1, -0.05) is 52.8 Å². The molecule has 0 bridgehead atoms. The predicted octanol–water partition coefficient (Wildman–Crippen LogP) is 5.24. The van der Waals surface area contributed by atoms with Crippen molar-refractivity contribution in [1.82, 2.24) is 4.57 Å². The highest BCUT2D eigenvalue weighted by atomic mass is 79.9. The van der Waals surface area contributed by atoms with Gasteiger partial charge in [-0.25, -0.2) is 0 Å². The monoisotopic (exact) mass is 386 g/mol. The third-order valence-electron chi connectivity index (χ3n) is 3.68. The summed E-state index contributed by atoms with van der Waals surface area (Å²) >= 11 is 3.35. The van der Waals surface area contributed by atoms with Crippen LogP contribution in [-0.4, -0.2) is 9.67 Å². The molecule has 3 rings (SSSR count). The zero-order valence-electron chi connectivity index (χ0n) is 12.8. The number of benzene rings is 2. The van der Waals surface area contributed by atoms with E-state index < -0.39 is 0 Å². The fourth-order valence-electron chi connectivity index (χ4n) is 2.53. The first-order chi connectivity index (χ1) is 11.6. The summed E-state index contributed by atoms with van der Waals surface area (Å²) in [5, 5.41) is 13.8. The van der Waals surface area contributed by atoms with Crippen molar-refractivity contribution in [2.45, 2.75) is 13.2 Å². The third-order valence-corrected chi connectivity index (χ3v) is 4.18. The Kier molecular flexibility index (Phi) is 4.66. The molecule has 0 fully saturated rings. The lowest BCUT2D eigenvalue weighted by atomic mass is 10.2. The molecule has 0 aliphatic carbocycles. The van der Waals surface area contributed by atoms with Gasteiger partial charge in [0.15, 0.2) is 5.69 Å². The van der Waals surface area contributed by atoms with Gasteiger partial charge < -0.3 is 14.4 Å². The number of rotatable bonds is 6. The lowest BCUT2D eigenvalue weighted by Crippen LogP contribution is -2.03. The summed E-state index contributed by atoms with van der Waals surface area (Å²) in [4.78, 5) is 11.1. The van der Waals surface area contributed by atoms with Crippen LogP contribution in [-0.2, 0) is 17.9 Å². The predicted molar refractivity (Wildman–Crippen MR) is 97.1 cm³/mol. The minimum absolute atomic E-state index is 0.0159. The van der Waals surface area contributed by atoms with Crippen molar-refractivity contribution >= 4 is 32.5 Å². The van der Waals surface area contributed by atoms with Crippen LogP contribution in [0.25, 0.3) is 10.9 Å². The van der Waals surface area contributed by atoms with Crippen molar-refractivity contribution in [3.63, 3.8) is 0 Å². The van der Waals surface area contributed by atoms with Crippen LogP contribution < -0.4 is 0 Å². The van der Waals surface area contributed by atoms with Crippen LogP contribution in [0.15, 0.2) is 70.5 Å². The lowest BCUT2D eigenvalue weighted by molar-refractivity contribution is 0.185. The van der Waals surface area contributed by atoms with Crippen LogP contribution in [0.2, 0.25) is 0 Å². The van der Waals surface area contributed by atoms with Gasteiger partial charge in [0.1, 0.15) is 12.4 Å². The number of ether oxygens (including phenoxy) is 1.